The van der Waals surface area contributed by atoms with E-state index in [4.69, 9.17) is 10.8 Å². The predicted octanol–water partition coefficient (Wildman–Crippen LogP) is 0.0455. The van der Waals surface area contributed by atoms with E-state index in [9.17, 15) is 10.2 Å². The average Bonchev–Trinajstić information content (AvgIpc) is 2.17. The molecule has 0 bridgehead atoms. The van der Waals surface area contributed by atoms with Crippen LogP contribution in [0.3, 0.4) is 0 Å². The highest BCUT2D eigenvalue weighted by Crippen LogP contribution is 2.20. The van der Waals surface area contributed by atoms with Gasteiger partial charge in [-0.15, -0.1) is 0 Å². The lowest BCUT2D eigenvalue weighted by molar-refractivity contribution is 0.00425. The van der Waals surface area contributed by atoms with Gasteiger partial charge in [-0.2, -0.15) is 0 Å². The van der Waals surface area contributed by atoms with Crippen molar-refractivity contribution in [2.75, 3.05) is 12.3 Å². The summed E-state index contributed by atoms with van der Waals surface area (Å²) in [6.45, 7) is -0.152. The number of aliphatic hydroxyl groups excluding tert-OH is 3. The number of nitrogens with two attached hydrogens (primary N) is 1. The maximum absolute atomic E-state index is 9.63. The van der Waals surface area contributed by atoms with E-state index in [2.05, 4.69) is 0 Å². The Balaban J connectivity index is 2.73. The molecule has 0 aliphatic carbocycles. The maximum Gasteiger partial charge on any atom is 0.105 e. The summed E-state index contributed by atoms with van der Waals surface area (Å²) in [7, 11) is 0. The second-order valence-electron chi connectivity index (χ2n) is 3.19. The Bertz CT molecular complexity index is 290. The molecule has 0 aromatic heterocycles. The molecular weight excluding hydrogens is 182 g/mol. The van der Waals surface area contributed by atoms with E-state index in [1.807, 2.05) is 0 Å². The molecule has 5 N–H and O–H groups in total. The molecular formula is C10H15NO3. The van der Waals surface area contributed by atoms with Crippen LogP contribution in [0, 0.1) is 0 Å². The molecule has 1 aromatic rings. The Morgan fingerprint density at radius 3 is 2.57 bits per heavy atom. The predicted molar refractivity (Wildman–Crippen MR) is 53.5 cm³/mol. The van der Waals surface area contributed by atoms with Gasteiger partial charge in [0.15, 0.2) is 0 Å². The van der Waals surface area contributed by atoms with E-state index in [1.165, 1.54) is 0 Å². The summed E-state index contributed by atoms with van der Waals surface area (Å²) in [4.78, 5) is 0. The number of aliphatic hydroxyl groups is 3. The Morgan fingerprint density at radius 2 is 2.00 bits per heavy atom. The van der Waals surface area contributed by atoms with Gasteiger partial charge in [-0.3, -0.25) is 0 Å². The molecule has 4 heteroatoms. The Kier molecular flexibility index (Phi) is 3.88. The SMILES string of the molecule is Nc1cccc(C(O)C(O)CCO)c1. The topological polar surface area (TPSA) is 86.7 Å². The number of rotatable bonds is 4. The number of nitrogen functional groups attached to an aromatic ring is 1. The Hall–Kier alpha value is -1.10. The smallest absolute Gasteiger partial charge is 0.105 e. The fraction of sp³-hybridized carbons (Fsp3) is 0.400. The first-order valence-electron chi connectivity index (χ1n) is 4.47. The van der Waals surface area contributed by atoms with Crippen LogP contribution in [0.1, 0.15) is 18.1 Å². The van der Waals surface area contributed by atoms with E-state index >= 15 is 0 Å². The molecule has 4 nitrogen and oxygen atoms in total. The van der Waals surface area contributed by atoms with Crippen LogP contribution < -0.4 is 5.73 Å². The van der Waals surface area contributed by atoms with Gasteiger partial charge in [0.25, 0.3) is 0 Å². The largest absolute Gasteiger partial charge is 0.399 e. The van der Waals surface area contributed by atoms with Crippen LogP contribution in [0.5, 0.6) is 0 Å². The molecule has 0 heterocycles. The molecule has 0 aliphatic heterocycles. The summed E-state index contributed by atoms with van der Waals surface area (Å²) in [5, 5.41) is 27.6. The summed E-state index contributed by atoms with van der Waals surface area (Å²) in [6, 6.07) is 6.70. The Morgan fingerprint density at radius 1 is 1.29 bits per heavy atom. The highest BCUT2D eigenvalue weighted by Gasteiger charge is 2.17. The fourth-order valence-corrected chi connectivity index (χ4v) is 1.26. The van der Waals surface area contributed by atoms with E-state index in [0.717, 1.165) is 0 Å². The molecule has 78 valence electrons. The van der Waals surface area contributed by atoms with Crippen LogP contribution in [0.25, 0.3) is 0 Å². The van der Waals surface area contributed by atoms with Crippen molar-refractivity contribution in [3.05, 3.63) is 29.8 Å². The minimum absolute atomic E-state index is 0.149. The van der Waals surface area contributed by atoms with Crippen LogP contribution >= 0.6 is 0 Å². The van der Waals surface area contributed by atoms with Crippen molar-refractivity contribution in [3.63, 3.8) is 0 Å². The molecule has 2 unspecified atom stereocenters. The first-order chi connectivity index (χ1) is 6.65. The van der Waals surface area contributed by atoms with Crippen LogP contribution in [0.2, 0.25) is 0 Å². The molecule has 2 atom stereocenters. The van der Waals surface area contributed by atoms with Gasteiger partial charge >= 0.3 is 0 Å². The second-order valence-corrected chi connectivity index (χ2v) is 3.19. The van der Waals surface area contributed by atoms with Crippen molar-refractivity contribution in [3.8, 4) is 0 Å². The molecule has 0 saturated carbocycles. The van der Waals surface area contributed by atoms with Crippen molar-refractivity contribution < 1.29 is 15.3 Å². The van der Waals surface area contributed by atoms with Crippen molar-refractivity contribution in [2.45, 2.75) is 18.6 Å². The summed E-state index contributed by atoms with van der Waals surface area (Å²) < 4.78 is 0. The molecule has 0 amide bonds. The quantitative estimate of drug-likeness (QED) is 0.513. The monoisotopic (exact) mass is 197 g/mol. The highest BCUT2D eigenvalue weighted by molar-refractivity contribution is 5.41. The van der Waals surface area contributed by atoms with Gasteiger partial charge < -0.3 is 21.1 Å². The summed E-state index contributed by atoms with van der Waals surface area (Å²) in [6.07, 6.45) is -1.80. The fourth-order valence-electron chi connectivity index (χ4n) is 1.26. The van der Waals surface area contributed by atoms with Crippen molar-refractivity contribution >= 4 is 5.69 Å². The molecule has 0 aliphatic rings. The Labute approximate surface area is 82.6 Å². The molecule has 0 fully saturated rings. The zero-order valence-electron chi connectivity index (χ0n) is 7.80. The maximum atomic E-state index is 9.63. The van der Waals surface area contributed by atoms with Crippen LogP contribution in [0.4, 0.5) is 5.69 Å². The number of anilines is 1. The summed E-state index contributed by atoms with van der Waals surface area (Å²) >= 11 is 0. The minimum Gasteiger partial charge on any atom is -0.399 e. The van der Waals surface area contributed by atoms with Crippen molar-refractivity contribution in [2.24, 2.45) is 0 Å². The summed E-state index contributed by atoms with van der Waals surface area (Å²) in [5.74, 6) is 0. The van der Waals surface area contributed by atoms with Gasteiger partial charge in [0.1, 0.15) is 6.10 Å². The third-order valence-corrected chi connectivity index (χ3v) is 2.04. The van der Waals surface area contributed by atoms with Gasteiger partial charge in [-0.25, -0.2) is 0 Å². The molecule has 1 rings (SSSR count). The second kappa shape index (κ2) is 4.95. The highest BCUT2D eigenvalue weighted by atomic mass is 16.3. The van der Waals surface area contributed by atoms with Crippen LogP contribution in [-0.2, 0) is 0 Å². The summed E-state index contributed by atoms with van der Waals surface area (Å²) in [5.41, 5.74) is 6.63. The molecule has 0 spiro atoms. The standard InChI is InChI=1S/C10H15NO3/c11-8-3-1-2-7(6-8)10(14)9(13)4-5-12/h1-3,6,9-10,12-14H,4-5,11H2. The molecule has 14 heavy (non-hydrogen) atoms. The van der Waals surface area contributed by atoms with Gasteiger partial charge in [0.2, 0.25) is 0 Å². The number of benzene rings is 1. The first-order valence-corrected chi connectivity index (χ1v) is 4.47. The number of hydrogen-bond acceptors (Lipinski definition) is 4. The van der Waals surface area contributed by atoms with E-state index < -0.39 is 12.2 Å². The number of hydrogen-bond donors (Lipinski definition) is 4. The minimum atomic E-state index is -0.995. The van der Waals surface area contributed by atoms with E-state index in [1.54, 1.807) is 24.3 Å². The average molecular weight is 197 g/mol. The van der Waals surface area contributed by atoms with Crippen LogP contribution in [-0.4, -0.2) is 28.0 Å². The third-order valence-electron chi connectivity index (χ3n) is 2.04. The van der Waals surface area contributed by atoms with Gasteiger partial charge in [0, 0.05) is 12.3 Å². The normalized spacial score (nSPS) is 15.1. The zero-order chi connectivity index (χ0) is 10.6. The van der Waals surface area contributed by atoms with Crippen molar-refractivity contribution in [1.29, 1.82) is 0 Å². The molecule has 0 radical (unpaired) electrons. The third kappa shape index (κ3) is 2.70. The molecule has 0 saturated heterocycles. The van der Waals surface area contributed by atoms with Crippen molar-refractivity contribution in [1.82, 2.24) is 0 Å². The van der Waals surface area contributed by atoms with Crippen LogP contribution in [0.15, 0.2) is 24.3 Å². The van der Waals surface area contributed by atoms with E-state index in [-0.39, 0.29) is 13.0 Å². The van der Waals surface area contributed by atoms with E-state index in [0.29, 0.717) is 11.3 Å². The molecule has 1 aromatic carbocycles. The lowest BCUT2D eigenvalue weighted by Crippen LogP contribution is -2.19. The lowest BCUT2D eigenvalue weighted by atomic mass is 10.0. The lowest BCUT2D eigenvalue weighted by Gasteiger charge is -2.17. The van der Waals surface area contributed by atoms with Gasteiger partial charge in [-0.1, -0.05) is 12.1 Å². The zero-order valence-corrected chi connectivity index (χ0v) is 7.80. The van der Waals surface area contributed by atoms with Gasteiger partial charge in [-0.05, 0) is 24.1 Å². The first kappa shape index (κ1) is 11.0. The van der Waals surface area contributed by atoms with Gasteiger partial charge in [0.05, 0.1) is 6.10 Å².